The molecule has 1 unspecified atom stereocenters. The van der Waals surface area contributed by atoms with Crippen LogP contribution in [0.1, 0.15) is 44.1 Å². The van der Waals surface area contributed by atoms with E-state index in [1.807, 2.05) is 30.3 Å². The van der Waals surface area contributed by atoms with Gasteiger partial charge in [0.15, 0.2) is 5.60 Å². The van der Waals surface area contributed by atoms with E-state index in [4.69, 9.17) is 4.74 Å². The standard InChI is InChI=1S/C21H27NO3/c1-22-18-11-10-15(19(22)13-12-18)14-25-20(23)21(24,17-8-5-9-17)16-6-3-2-4-7-16/h2-4,6-7,10,17-19,24H,5,8-9,11-14H2,1H3/t18-,19-,21?/m0/s1. The zero-order valence-electron chi connectivity index (χ0n) is 14.9. The van der Waals surface area contributed by atoms with Gasteiger partial charge >= 0.3 is 5.97 Å². The molecule has 4 nitrogen and oxygen atoms in total. The van der Waals surface area contributed by atoms with Crippen molar-refractivity contribution in [2.24, 2.45) is 5.92 Å². The molecule has 2 fully saturated rings. The van der Waals surface area contributed by atoms with Crippen molar-refractivity contribution in [3.05, 3.63) is 47.5 Å². The maximum atomic E-state index is 12.9. The van der Waals surface area contributed by atoms with E-state index in [1.54, 1.807) is 0 Å². The molecule has 1 aromatic carbocycles. The number of benzene rings is 1. The van der Waals surface area contributed by atoms with E-state index >= 15 is 0 Å². The van der Waals surface area contributed by atoms with Gasteiger partial charge in [-0.05, 0) is 50.3 Å². The Kier molecular flexibility index (Phi) is 4.42. The molecule has 2 bridgehead atoms. The van der Waals surface area contributed by atoms with Crippen LogP contribution < -0.4 is 0 Å². The Morgan fingerprint density at radius 3 is 2.68 bits per heavy atom. The van der Waals surface area contributed by atoms with Crippen LogP contribution in [-0.4, -0.2) is 41.7 Å². The number of esters is 1. The van der Waals surface area contributed by atoms with Crippen LogP contribution in [0.2, 0.25) is 0 Å². The van der Waals surface area contributed by atoms with E-state index in [1.165, 1.54) is 12.0 Å². The molecule has 3 aliphatic rings. The van der Waals surface area contributed by atoms with Crippen molar-refractivity contribution < 1.29 is 14.6 Å². The van der Waals surface area contributed by atoms with Crippen molar-refractivity contribution in [3.63, 3.8) is 0 Å². The SMILES string of the molecule is CN1[C@H]2CC=C(COC(=O)C(O)(c3ccccc3)C3CCC3)[C@@H]1CC2. The zero-order chi connectivity index (χ0) is 17.4. The number of rotatable bonds is 5. The molecule has 4 rings (SSSR count). The second-order valence-corrected chi connectivity index (χ2v) is 7.76. The minimum Gasteiger partial charge on any atom is -0.459 e. The second kappa shape index (κ2) is 6.58. The summed E-state index contributed by atoms with van der Waals surface area (Å²) in [7, 11) is 2.16. The van der Waals surface area contributed by atoms with Gasteiger partial charge in [0.25, 0.3) is 0 Å². The summed E-state index contributed by atoms with van der Waals surface area (Å²) in [6, 6.07) is 10.3. The minimum atomic E-state index is -1.52. The van der Waals surface area contributed by atoms with Gasteiger partial charge in [-0.1, -0.05) is 42.8 Å². The first kappa shape index (κ1) is 16.8. The first-order valence-electron chi connectivity index (χ1n) is 9.46. The van der Waals surface area contributed by atoms with Gasteiger partial charge in [0.2, 0.25) is 0 Å². The lowest BCUT2D eigenvalue weighted by Gasteiger charge is -2.40. The van der Waals surface area contributed by atoms with Gasteiger partial charge in [-0.3, -0.25) is 4.90 Å². The number of ether oxygens (including phenoxy) is 1. The van der Waals surface area contributed by atoms with Crippen LogP contribution in [-0.2, 0) is 15.1 Å². The van der Waals surface area contributed by atoms with Gasteiger partial charge in [0.1, 0.15) is 6.61 Å². The summed E-state index contributed by atoms with van der Waals surface area (Å²) in [6.45, 7) is 0.294. The molecule has 0 amide bonds. The van der Waals surface area contributed by atoms with Crippen LogP contribution in [0, 0.1) is 5.92 Å². The number of fused-ring (bicyclic) bond motifs is 2. The van der Waals surface area contributed by atoms with Gasteiger partial charge in [-0.15, -0.1) is 0 Å². The molecule has 134 valence electrons. The van der Waals surface area contributed by atoms with E-state index in [0.717, 1.165) is 32.1 Å². The predicted molar refractivity (Wildman–Crippen MR) is 95.9 cm³/mol. The fraction of sp³-hybridized carbons (Fsp3) is 0.571. The molecule has 4 heteroatoms. The lowest BCUT2D eigenvalue weighted by molar-refractivity contribution is -0.177. The smallest absolute Gasteiger partial charge is 0.343 e. The molecule has 0 radical (unpaired) electrons. The summed E-state index contributed by atoms with van der Waals surface area (Å²) in [5, 5.41) is 11.3. The summed E-state index contributed by atoms with van der Waals surface area (Å²) in [4.78, 5) is 15.3. The molecular weight excluding hydrogens is 314 g/mol. The number of carbonyl (C=O) groups is 1. The lowest BCUT2D eigenvalue weighted by atomic mass is 9.69. The number of likely N-dealkylation sites (N-methyl/N-ethyl adjacent to an activating group) is 1. The predicted octanol–water partition coefficient (Wildman–Crippen LogP) is 3.01. The molecule has 1 saturated carbocycles. The molecule has 25 heavy (non-hydrogen) atoms. The zero-order valence-corrected chi connectivity index (χ0v) is 14.9. The molecule has 3 atom stereocenters. The molecule has 2 aliphatic heterocycles. The van der Waals surface area contributed by atoms with Gasteiger partial charge in [0, 0.05) is 18.0 Å². The summed E-state index contributed by atoms with van der Waals surface area (Å²) >= 11 is 0. The normalized spacial score (nSPS) is 28.8. The van der Waals surface area contributed by atoms with Crippen molar-refractivity contribution in [1.82, 2.24) is 4.90 Å². The largest absolute Gasteiger partial charge is 0.459 e. The monoisotopic (exact) mass is 341 g/mol. The molecule has 2 heterocycles. The Hall–Kier alpha value is -1.65. The van der Waals surface area contributed by atoms with Gasteiger partial charge < -0.3 is 9.84 Å². The third-order valence-electron chi connectivity index (χ3n) is 6.51. The van der Waals surface area contributed by atoms with Crippen molar-refractivity contribution in [3.8, 4) is 0 Å². The molecule has 1 saturated heterocycles. The first-order chi connectivity index (χ1) is 12.1. The molecule has 1 aliphatic carbocycles. The van der Waals surface area contributed by atoms with Crippen LogP contribution in [0.15, 0.2) is 42.0 Å². The molecule has 1 N–H and O–H groups in total. The average Bonchev–Trinajstić information content (AvgIpc) is 2.81. The number of carbonyl (C=O) groups excluding carboxylic acids is 1. The molecule has 0 spiro atoms. The van der Waals surface area contributed by atoms with Crippen LogP contribution >= 0.6 is 0 Å². The van der Waals surface area contributed by atoms with Crippen LogP contribution in [0.25, 0.3) is 0 Å². The van der Waals surface area contributed by atoms with Crippen molar-refractivity contribution >= 4 is 5.97 Å². The van der Waals surface area contributed by atoms with E-state index in [0.29, 0.717) is 24.3 Å². The Bertz CT molecular complexity index is 667. The number of hydrogen-bond donors (Lipinski definition) is 1. The molecule has 1 aromatic rings. The Balaban J connectivity index is 1.49. The third-order valence-corrected chi connectivity index (χ3v) is 6.51. The third kappa shape index (κ3) is 2.81. The highest BCUT2D eigenvalue weighted by Crippen LogP contribution is 2.43. The second-order valence-electron chi connectivity index (χ2n) is 7.76. The maximum absolute atomic E-state index is 12.9. The molecule has 0 aromatic heterocycles. The van der Waals surface area contributed by atoms with Crippen molar-refractivity contribution in [1.29, 1.82) is 0 Å². The van der Waals surface area contributed by atoms with E-state index < -0.39 is 11.6 Å². The van der Waals surface area contributed by atoms with E-state index in [9.17, 15) is 9.90 Å². The quantitative estimate of drug-likeness (QED) is 0.661. The van der Waals surface area contributed by atoms with Crippen LogP contribution in [0.3, 0.4) is 0 Å². The highest BCUT2D eigenvalue weighted by Gasteiger charge is 2.49. The van der Waals surface area contributed by atoms with Crippen molar-refractivity contribution in [2.75, 3.05) is 13.7 Å². The summed E-state index contributed by atoms with van der Waals surface area (Å²) < 4.78 is 5.67. The number of nitrogens with zero attached hydrogens (tertiary/aromatic N) is 1. The maximum Gasteiger partial charge on any atom is 0.343 e. The highest BCUT2D eigenvalue weighted by molar-refractivity contribution is 5.82. The van der Waals surface area contributed by atoms with Gasteiger partial charge in [0.05, 0.1) is 0 Å². The minimum absolute atomic E-state index is 0.0405. The fourth-order valence-electron chi connectivity index (χ4n) is 4.62. The number of aliphatic hydroxyl groups is 1. The molecular formula is C21H27NO3. The summed E-state index contributed by atoms with van der Waals surface area (Å²) in [5.41, 5.74) is 0.327. The van der Waals surface area contributed by atoms with E-state index in [2.05, 4.69) is 18.0 Å². The summed E-state index contributed by atoms with van der Waals surface area (Å²) in [5.74, 6) is -0.534. The Labute approximate surface area is 149 Å². The van der Waals surface area contributed by atoms with Crippen molar-refractivity contribution in [2.45, 2.75) is 56.2 Å². The van der Waals surface area contributed by atoms with E-state index in [-0.39, 0.29) is 5.92 Å². The average molecular weight is 341 g/mol. The Morgan fingerprint density at radius 2 is 2.00 bits per heavy atom. The number of hydrogen-bond acceptors (Lipinski definition) is 4. The van der Waals surface area contributed by atoms with Gasteiger partial charge in [-0.2, -0.15) is 0 Å². The van der Waals surface area contributed by atoms with Crippen LogP contribution in [0.5, 0.6) is 0 Å². The highest BCUT2D eigenvalue weighted by atomic mass is 16.5. The Morgan fingerprint density at radius 1 is 1.24 bits per heavy atom. The first-order valence-corrected chi connectivity index (χ1v) is 9.46. The summed E-state index contributed by atoms with van der Waals surface area (Å²) in [6.07, 6.45) is 8.42. The van der Waals surface area contributed by atoms with Crippen LogP contribution in [0.4, 0.5) is 0 Å². The lowest BCUT2D eigenvalue weighted by Crippen LogP contribution is -2.47. The fourth-order valence-corrected chi connectivity index (χ4v) is 4.62. The topological polar surface area (TPSA) is 49.8 Å². The van der Waals surface area contributed by atoms with Gasteiger partial charge in [-0.25, -0.2) is 4.79 Å².